The van der Waals surface area contributed by atoms with E-state index < -0.39 is 28.7 Å². The van der Waals surface area contributed by atoms with E-state index in [-0.39, 0.29) is 12.1 Å². The fourth-order valence-electron chi connectivity index (χ4n) is 3.88. The third-order valence-electron chi connectivity index (χ3n) is 5.40. The number of nitrogens with one attached hydrogen (secondary N) is 3. The highest BCUT2D eigenvalue weighted by Crippen LogP contribution is 2.28. The first kappa shape index (κ1) is 22.6. The number of amides is 2. The van der Waals surface area contributed by atoms with E-state index >= 15 is 0 Å². The van der Waals surface area contributed by atoms with Crippen molar-refractivity contribution in [3.8, 4) is 11.3 Å². The van der Waals surface area contributed by atoms with E-state index in [2.05, 4.69) is 15.6 Å². The van der Waals surface area contributed by atoms with Gasteiger partial charge in [-0.1, -0.05) is 49.6 Å². The van der Waals surface area contributed by atoms with Crippen LogP contribution >= 0.6 is 0 Å². The molecule has 2 aromatic rings. The summed E-state index contributed by atoms with van der Waals surface area (Å²) in [6.45, 7) is 5.68. The maximum Gasteiger partial charge on any atom is 0.408 e. The standard InChI is InChI=1S/C24H31N3O4/c1-23(2,3)31-22(30)27-24(14-8-5-9-15-24)16-25-20(28)18-12-13-19(26-21(18)29)17-10-6-4-7-11-17/h4,6-7,10-13H,5,8-9,14-16H2,1-3H3,(H,25,28)(H,26,29)(H,27,30). The van der Waals surface area contributed by atoms with Crippen molar-refractivity contribution in [2.24, 2.45) is 0 Å². The highest BCUT2D eigenvalue weighted by molar-refractivity contribution is 5.94. The Morgan fingerprint density at radius 1 is 1.03 bits per heavy atom. The molecule has 1 aliphatic rings. The molecule has 1 heterocycles. The average molecular weight is 426 g/mol. The predicted molar refractivity (Wildman–Crippen MR) is 120 cm³/mol. The molecular weight excluding hydrogens is 394 g/mol. The molecule has 1 aromatic carbocycles. The van der Waals surface area contributed by atoms with Crippen LogP contribution in [0.1, 0.15) is 63.2 Å². The molecule has 0 unspecified atom stereocenters. The van der Waals surface area contributed by atoms with Crippen molar-refractivity contribution in [3.63, 3.8) is 0 Å². The van der Waals surface area contributed by atoms with Gasteiger partial charge in [0.25, 0.3) is 11.5 Å². The normalized spacial score (nSPS) is 15.7. The highest BCUT2D eigenvalue weighted by Gasteiger charge is 2.35. The van der Waals surface area contributed by atoms with E-state index in [0.717, 1.165) is 37.7 Å². The van der Waals surface area contributed by atoms with Crippen LogP contribution in [0.2, 0.25) is 0 Å². The molecule has 3 N–H and O–H groups in total. The fraction of sp³-hybridized carbons (Fsp3) is 0.458. The molecule has 1 fully saturated rings. The minimum absolute atomic E-state index is 0.0444. The van der Waals surface area contributed by atoms with Crippen molar-refractivity contribution in [1.29, 1.82) is 0 Å². The van der Waals surface area contributed by atoms with Crippen LogP contribution in [0.15, 0.2) is 47.3 Å². The predicted octanol–water partition coefficient (Wildman–Crippen LogP) is 4.00. The first-order chi connectivity index (χ1) is 14.7. The zero-order chi connectivity index (χ0) is 22.5. The summed E-state index contributed by atoms with van der Waals surface area (Å²) in [7, 11) is 0. The molecule has 7 heteroatoms. The Balaban J connectivity index is 1.69. The summed E-state index contributed by atoms with van der Waals surface area (Å²) in [5.41, 5.74) is -0.0597. The van der Waals surface area contributed by atoms with Gasteiger partial charge in [-0.2, -0.15) is 0 Å². The third kappa shape index (κ3) is 6.20. The molecule has 0 spiro atoms. The second kappa shape index (κ2) is 9.37. The summed E-state index contributed by atoms with van der Waals surface area (Å²) in [4.78, 5) is 40.4. The van der Waals surface area contributed by atoms with E-state index in [1.54, 1.807) is 6.07 Å². The fourth-order valence-corrected chi connectivity index (χ4v) is 3.88. The molecule has 0 aliphatic heterocycles. The summed E-state index contributed by atoms with van der Waals surface area (Å²) in [6, 6.07) is 12.7. The third-order valence-corrected chi connectivity index (χ3v) is 5.40. The number of hydrogen-bond donors (Lipinski definition) is 3. The summed E-state index contributed by atoms with van der Waals surface area (Å²) >= 11 is 0. The van der Waals surface area contributed by atoms with Crippen molar-refractivity contribution in [1.82, 2.24) is 15.6 Å². The number of benzene rings is 1. The second-order valence-corrected chi connectivity index (χ2v) is 9.13. The molecule has 0 saturated heterocycles. The summed E-state index contributed by atoms with van der Waals surface area (Å²) in [5.74, 6) is -0.461. The van der Waals surface area contributed by atoms with E-state index in [0.29, 0.717) is 5.69 Å². The smallest absolute Gasteiger partial charge is 0.408 e. The van der Waals surface area contributed by atoms with Gasteiger partial charge in [-0.05, 0) is 51.3 Å². The van der Waals surface area contributed by atoms with E-state index in [1.807, 2.05) is 51.1 Å². The van der Waals surface area contributed by atoms with E-state index in [4.69, 9.17) is 4.74 Å². The SMILES string of the molecule is CC(C)(C)OC(=O)NC1(CNC(=O)c2ccc(-c3ccccc3)[nH]c2=O)CCCCC1. The van der Waals surface area contributed by atoms with Crippen LogP contribution in [0.5, 0.6) is 0 Å². The molecule has 0 bridgehead atoms. The minimum Gasteiger partial charge on any atom is -0.444 e. The lowest BCUT2D eigenvalue weighted by molar-refractivity contribution is 0.0419. The number of carbonyl (C=O) groups excluding carboxylic acids is 2. The van der Waals surface area contributed by atoms with Crippen LogP contribution in [0, 0.1) is 0 Å². The number of H-pyrrole nitrogens is 1. The van der Waals surface area contributed by atoms with Crippen molar-refractivity contribution in [2.45, 2.75) is 64.0 Å². The summed E-state index contributed by atoms with van der Waals surface area (Å²) in [6.07, 6.45) is 4.00. The van der Waals surface area contributed by atoms with E-state index in [9.17, 15) is 14.4 Å². The van der Waals surface area contributed by atoms with Crippen molar-refractivity contribution < 1.29 is 14.3 Å². The average Bonchev–Trinajstić information content (AvgIpc) is 2.72. The lowest BCUT2D eigenvalue weighted by Gasteiger charge is -2.38. The quantitative estimate of drug-likeness (QED) is 0.674. The van der Waals surface area contributed by atoms with Gasteiger partial charge in [0, 0.05) is 12.2 Å². The highest BCUT2D eigenvalue weighted by atomic mass is 16.6. The van der Waals surface area contributed by atoms with Gasteiger partial charge in [0.15, 0.2) is 0 Å². The number of carbonyl (C=O) groups is 2. The van der Waals surface area contributed by atoms with Crippen molar-refractivity contribution in [2.75, 3.05) is 6.54 Å². The van der Waals surface area contributed by atoms with Gasteiger partial charge >= 0.3 is 6.09 Å². The first-order valence-corrected chi connectivity index (χ1v) is 10.8. The monoisotopic (exact) mass is 425 g/mol. The van der Waals surface area contributed by atoms with Crippen LogP contribution in [0.25, 0.3) is 11.3 Å². The molecule has 2 amide bonds. The first-order valence-electron chi connectivity index (χ1n) is 10.8. The number of aromatic nitrogens is 1. The maximum atomic E-state index is 12.7. The van der Waals surface area contributed by atoms with Crippen LogP contribution in [0.3, 0.4) is 0 Å². The number of aromatic amines is 1. The Labute approximate surface area is 182 Å². The molecule has 0 atom stereocenters. The maximum absolute atomic E-state index is 12.7. The number of alkyl carbamates (subject to hydrolysis) is 1. The molecule has 166 valence electrons. The van der Waals surface area contributed by atoms with Crippen LogP contribution in [-0.4, -0.2) is 34.7 Å². The second-order valence-electron chi connectivity index (χ2n) is 9.13. The minimum atomic E-state index is -0.600. The lowest BCUT2D eigenvalue weighted by atomic mass is 9.81. The van der Waals surface area contributed by atoms with Gasteiger partial charge in [0.05, 0.1) is 5.54 Å². The van der Waals surface area contributed by atoms with Gasteiger partial charge < -0.3 is 20.4 Å². The summed E-state index contributed by atoms with van der Waals surface area (Å²) in [5, 5.41) is 5.83. The zero-order valence-corrected chi connectivity index (χ0v) is 18.4. The largest absolute Gasteiger partial charge is 0.444 e. The molecular formula is C24H31N3O4. The summed E-state index contributed by atoms with van der Waals surface area (Å²) < 4.78 is 5.41. The zero-order valence-electron chi connectivity index (χ0n) is 18.4. The number of pyridine rings is 1. The molecule has 1 aromatic heterocycles. The van der Waals surface area contributed by atoms with Gasteiger partial charge in [-0.25, -0.2) is 4.79 Å². The van der Waals surface area contributed by atoms with Crippen molar-refractivity contribution in [3.05, 3.63) is 58.4 Å². The molecule has 0 radical (unpaired) electrons. The molecule has 1 aliphatic carbocycles. The van der Waals surface area contributed by atoms with Gasteiger partial charge in [0.1, 0.15) is 11.2 Å². The van der Waals surface area contributed by atoms with Gasteiger partial charge in [0.2, 0.25) is 0 Å². The Hall–Kier alpha value is -3.09. The Kier molecular flexibility index (Phi) is 6.83. The Bertz CT molecular complexity index is 970. The molecule has 3 rings (SSSR count). The van der Waals surface area contributed by atoms with E-state index in [1.165, 1.54) is 6.07 Å². The van der Waals surface area contributed by atoms with Crippen LogP contribution < -0.4 is 16.2 Å². The van der Waals surface area contributed by atoms with Gasteiger partial charge in [-0.15, -0.1) is 0 Å². The number of hydrogen-bond acceptors (Lipinski definition) is 4. The number of rotatable bonds is 5. The van der Waals surface area contributed by atoms with Gasteiger partial charge in [-0.3, -0.25) is 9.59 Å². The van der Waals surface area contributed by atoms with Crippen molar-refractivity contribution >= 4 is 12.0 Å². The number of ether oxygens (including phenoxy) is 1. The van der Waals surface area contributed by atoms with Crippen LogP contribution in [0.4, 0.5) is 4.79 Å². The Morgan fingerprint density at radius 3 is 2.32 bits per heavy atom. The molecule has 1 saturated carbocycles. The molecule has 31 heavy (non-hydrogen) atoms. The van der Waals surface area contributed by atoms with Crippen LogP contribution in [-0.2, 0) is 4.74 Å². The molecule has 7 nitrogen and oxygen atoms in total. The lowest BCUT2D eigenvalue weighted by Crippen LogP contribution is -2.57. The topological polar surface area (TPSA) is 100 Å². The Morgan fingerprint density at radius 2 is 1.71 bits per heavy atom.